The van der Waals surface area contributed by atoms with Crippen molar-refractivity contribution in [3.63, 3.8) is 0 Å². The minimum atomic E-state index is 0. The molecule has 2 aliphatic rings. The molecule has 1 saturated heterocycles. The van der Waals surface area contributed by atoms with Gasteiger partial charge in [0, 0.05) is 44.3 Å². The second-order valence-corrected chi connectivity index (χ2v) is 7.36. The Labute approximate surface area is 189 Å². The fourth-order valence-corrected chi connectivity index (χ4v) is 3.57. The Kier molecular flexibility index (Phi) is 9.66. The number of fused-ring (bicyclic) bond motifs is 1. The van der Waals surface area contributed by atoms with Gasteiger partial charge in [-0.3, -0.25) is 4.90 Å². The summed E-state index contributed by atoms with van der Waals surface area (Å²) in [5.41, 5.74) is 1.30. The van der Waals surface area contributed by atoms with E-state index in [1.165, 1.54) is 5.56 Å². The SMILES string of the molecule is Cl.Cl.Clc1ccc(OCCN2CCN(CCc3ccc4c(c3)OCO4)CC2)cc1. The maximum Gasteiger partial charge on any atom is 0.231 e. The van der Waals surface area contributed by atoms with Crippen LogP contribution in [0.3, 0.4) is 0 Å². The van der Waals surface area contributed by atoms with E-state index in [4.69, 9.17) is 25.8 Å². The molecule has 2 aromatic rings. The summed E-state index contributed by atoms with van der Waals surface area (Å²) in [6.07, 6.45) is 1.04. The van der Waals surface area contributed by atoms with Crippen molar-refractivity contribution in [1.82, 2.24) is 9.80 Å². The van der Waals surface area contributed by atoms with Crippen LogP contribution in [0.5, 0.6) is 17.2 Å². The molecule has 0 aromatic heterocycles. The molecule has 0 atom stereocenters. The largest absolute Gasteiger partial charge is 0.492 e. The first-order valence-corrected chi connectivity index (χ1v) is 9.86. The average molecular weight is 462 g/mol. The van der Waals surface area contributed by atoms with Gasteiger partial charge in [-0.15, -0.1) is 24.8 Å². The normalized spacial score (nSPS) is 16.0. The first kappa shape index (κ1) is 23.9. The Morgan fingerprint density at radius 3 is 2.21 bits per heavy atom. The Hall–Kier alpha value is -1.37. The van der Waals surface area contributed by atoms with Gasteiger partial charge in [-0.2, -0.15) is 0 Å². The molecule has 2 aromatic carbocycles. The number of benzene rings is 2. The number of ether oxygens (including phenoxy) is 3. The molecule has 160 valence electrons. The third-order valence-electron chi connectivity index (χ3n) is 5.11. The van der Waals surface area contributed by atoms with Crippen LogP contribution >= 0.6 is 36.4 Å². The number of piperazine rings is 1. The fourth-order valence-electron chi connectivity index (χ4n) is 3.44. The van der Waals surface area contributed by atoms with Gasteiger partial charge >= 0.3 is 0 Å². The van der Waals surface area contributed by atoms with E-state index in [1.54, 1.807) is 0 Å². The molecule has 0 N–H and O–H groups in total. The molecule has 0 spiro atoms. The molecule has 1 fully saturated rings. The van der Waals surface area contributed by atoms with Crippen LogP contribution in [0, 0.1) is 0 Å². The molecule has 5 nitrogen and oxygen atoms in total. The summed E-state index contributed by atoms with van der Waals surface area (Å²) < 4.78 is 16.6. The van der Waals surface area contributed by atoms with Gasteiger partial charge in [0.05, 0.1) is 0 Å². The van der Waals surface area contributed by atoms with Crippen LogP contribution in [0.4, 0.5) is 0 Å². The lowest BCUT2D eigenvalue weighted by molar-refractivity contribution is 0.118. The van der Waals surface area contributed by atoms with Crippen LogP contribution in [0.15, 0.2) is 42.5 Å². The van der Waals surface area contributed by atoms with Gasteiger partial charge < -0.3 is 19.1 Å². The van der Waals surface area contributed by atoms with Gasteiger partial charge in [-0.05, 0) is 48.4 Å². The van der Waals surface area contributed by atoms with Crippen LogP contribution in [-0.4, -0.2) is 62.5 Å². The van der Waals surface area contributed by atoms with E-state index in [2.05, 4.69) is 21.9 Å². The zero-order chi connectivity index (χ0) is 18.5. The molecular formula is C21H27Cl3N2O3. The smallest absolute Gasteiger partial charge is 0.231 e. The van der Waals surface area contributed by atoms with Crippen molar-refractivity contribution < 1.29 is 14.2 Å². The van der Waals surface area contributed by atoms with Crippen LogP contribution in [0.2, 0.25) is 5.02 Å². The van der Waals surface area contributed by atoms with E-state index in [1.807, 2.05) is 30.3 Å². The van der Waals surface area contributed by atoms with Crippen molar-refractivity contribution in [1.29, 1.82) is 0 Å². The molecule has 0 amide bonds. The van der Waals surface area contributed by atoms with Crippen molar-refractivity contribution in [2.24, 2.45) is 0 Å². The molecule has 0 unspecified atom stereocenters. The van der Waals surface area contributed by atoms with Gasteiger partial charge in [0.2, 0.25) is 6.79 Å². The molecule has 2 aliphatic heterocycles. The Bertz CT molecular complexity index is 753. The molecule has 0 bridgehead atoms. The Morgan fingerprint density at radius 2 is 1.48 bits per heavy atom. The van der Waals surface area contributed by atoms with Crippen LogP contribution in [0.25, 0.3) is 0 Å². The standard InChI is InChI=1S/C21H25ClN2O3.2ClH/c22-18-2-4-19(5-3-18)25-14-13-24-11-9-23(10-12-24)8-7-17-1-6-20-21(15-17)27-16-26-20;;/h1-6,15H,7-14,16H2;2*1H. The van der Waals surface area contributed by atoms with Crippen LogP contribution in [0.1, 0.15) is 5.56 Å². The third kappa shape index (κ3) is 6.83. The zero-order valence-corrected chi connectivity index (χ0v) is 18.6. The highest BCUT2D eigenvalue weighted by Gasteiger charge is 2.17. The van der Waals surface area contributed by atoms with Crippen molar-refractivity contribution in [3.05, 3.63) is 53.1 Å². The number of halogens is 3. The minimum absolute atomic E-state index is 0. The van der Waals surface area contributed by atoms with Gasteiger partial charge in [-0.1, -0.05) is 17.7 Å². The lowest BCUT2D eigenvalue weighted by Crippen LogP contribution is -2.47. The molecular weight excluding hydrogens is 435 g/mol. The maximum absolute atomic E-state index is 5.89. The average Bonchev–Trinajstić information content (AvgIpc) is 3.17. The highest BCUT2D eigenvalue weighted by Crippen LogP contribution is 2.32. The number of hydrogen-bond acceptors (Lipinski definition) is 5. The molecule has 4 rings (SSSR count). The summed E-state index contributed by atoms with van der Waals surface area (Å²) in [7, 11) is 0. The molecule has 8 heteroatoms. The van der Waals surface area contributed by atoms with Crippen molar-refractivity contribution in [3.8, 4) is 17.2 Å². The van der Waals surface area contributed by atoms with E-state index >= 15 is 0 Å². The predicted molar refractivity (Wildman–Crippen MR) is 121 cm³/mol. The first-order valence-electron chi connectivity index (χ1n) is 9.48. The highest BCUT2D eigenvalue weighted by molar-refractivity contribution is 6.30. The summed E-state index contributed by atoms with van der Waals surface area (Å²) in [5.74, 6) is 2.60. The van der Waals surface area contributed by atoms with E-state index in [9.17, 15) is 0 Å². The van der Waals surface area contributed by atoms with Gasteiger partial charge in [0.25, 0.3) is 0 Å². The second-order valence-electron chi connectivity index (χ2n) is 6.92. The summed E-state index contributed by atoms with van der Waals surface area (Å²) >= 11 is 5.89. The zero-order valence-electron chi connectivity index (χ0n) is 16.2. The fraction of sp³-hybridized carbons (Fsp3) is 0.429. The maximum atomic E-state index is 5.89. The van der Waals surface area contributed by atoms with E-state index < -0.39 is 0 Å². The van der Waals surface area contributed by atoms with Crippen LogP contribution in [-0.2, 0) is 6.42 Å². The van der Waals surface area contributed by atoms with Gasteiger partial charge in [-0.25, -0.2) is 0 Å². The first-order chi connectivity index (χ1) is 13.3. The lowest BCUT2D eigenvalue weighted by Gasteiger charge is -2.34. The lowest BCUT2D eigenvalue weighted by atomic mass is 10.1. The molecule has 0 aliphatic carbocycles. The second kappa shape index (κ2) is 11.7. The van der Waals surface area contributed by atoms with E-state index in [0.717, 1.165) is 68.0 Å². The Morgan fingerprint density at radius 1 is 0.828 bits per heavy atom. The van der Waals surface area contributed by atoms with E-state index in [0.29, 0.717) is 13.4 Å². The summed E-state index contributed by atoms with van der Waals surface area (Å²) in [4.78, 5) is 4.99. The topological polar surface area (TPSA) is 34.2 Å². The predicted octanol–water partition coefficient (Wildman–Crippen LogP) is 4.15. The van der Waals surface area contributed by atoms with Crippen molar-refractivity contribution in [2.45, 2.75) is 6.42 Å². The molecule has 0 radical (unpaired) electrons. The third-order valence-corrected chi connectivity index (χ3v) is 5.36. The molecule has 29 heavy (non-hydrogen) atoms. The van der Waals surface area contributed by atoms with E-state index in [-0.39, 0.29) is 24.8 Å². The highest BCUT2D eigenvalue weighted by atomic mass is 35.5. The summed E-state index contributed by atoms with van der Waals surface area (Å²) in [5, 5.41) is 0.735. The monoisotopic (exact) mass is 460 g/mol. The summed E-state index contributed by atoms with van der Waals surface area (Å²) in [6, 6.07) is 13.8. The quantitative estimate of drug-likeness (QED) is 0.619. The summed E-state index contributed by atoms with van der Waals surface area (Å²) in [6.45, 7) is 7.46. The molecule has 0 saturated carbocycles. The van der Waals surface area contributed by atoms with Crippen molar-refractivity contribution >= 4 is 36.4 Å². The van der Waals surface area contributed by atoms with Crippen molar-refractivity contribution in [2.75, 3.05) is 52.7 Å². The van der Waals surface area contributed by atoms with Gasteiger partial charge in [0.1, 0.15) is 12.4 Å². The minimum Gasteiger partial charge on any atom is -0.492 e. The van der Waals surface area contributed by atoms with Crippen LogP contribution < -0.4 is 14.2 Å². The number of rotatable bonds is 7. The number of hydrogen-bond donors (Lipinski definition) is 0. The molecule has 2 heterocycles. The van der Waals surface area contributed by atoms with Gasteiger partial charge in [0.15, 0.2) is 11.5 Å². The number of nitrogens with zero attached hydrogens (tertiary/aromatic N) is 2. The Balaban J connectivity index is 0.00000150.